The molecule has 1 heterocycles. The molecule has 0 aliphatic carbocycles. The highest BCUT2D eigenvalue weighted by atomic mass is 32.2. The minimum Gasteiger partial charge on any atom is -0.495 e. The Bertz CT molecular complexity index is 1060. The molecule has 0 radical (unpaired) electrons. The fraction of sp³-hybridized carbons (Fsp3) is 0.417. The minimum absolute atomic E-state index is 0.0133. The molecule has 0 aromatic heterocycles. The van der Waals surface area contributed by atoms with Crippen molar-refractivity contribution in [3.8, 4) is 5.75 Å². The minimum atomic E-state index is -3.64. The van der Waals surface area contributed by atoms with E-state index in [0.717, 1.165) is 31.2 Å². The van der Waals surface area contributed by atoms with Crippen molar-refractivity contribution in [3.05, 3.63) is 53.6 Å². The zero-order chi connectivity index (χ0) is 23.1. The average molecular weight is 459 g/mol. The predicted octanol–water partition coefficient (Wildman–Crippen LogP) is 4.03. The predicted molar refractivity (Wildman–Crippen MR) is 124 cm³/mol. The van der Waals surface area contributed by atoms with Gasteiger partial charge in [-0.3, -0.25) is 9.59 Å². The first-order valence-electron chi connectivity index (χ1n) is 11.0. The highest BCUT2D eigenvalue weighted by molar-refractivity contribution is 7.89. The van der Waals surface area contributed by atoms with Gasteiger partial charge in [0.25, 0.3) is 0 Å². The number of ether oxygens (including phenoxy) is 1. The number of methoxy groups -OCH3 is 1. The lowest BCUT2D eigenvalue weighted by atomic mass is 10.0. The Morgan fingerprint density at radius 3 is 2.31 bits per heavy atom. The SMILES string of the molecule is CCc1ccc(C(=O)CCC(=O)Nc2cc(S(=O)(=O)N3CCCCC3)ccc2OC)cc1. The van der Waals surface area contributed by atoms with Crippen LogP contribution in [0.25, 0.3) is 0 Å². The largest absolute Gasteiger partial charge is 0.495 e. The van der Waals surface area contributed by atoms with Gasteiger partial charge in [-0.1, -0.05) is 37.6 Å². The smallest absolute Gasteiger partial charge is 0.243 e. The van der Waals surface area contributed by atoms with Gasteiger partial charge in [0.2, 0.25) is 15.9 Å². The summed E-state index contributed by atoms with van der Waals surface area (Å²) >= 11 is 0. The number of benzene rings is 2. The number of hydrogen-bond acceptors (Lipinski definition) is 5. The standard InChI is InChI=1S/C24H30N2O5S/c1-3-18-7-9-19(10-8-18)22(27)12-14-24(28)25-21-17-20(11-13-23(21)31-2)32(29,30)26-15-5-4-6-16-26/h7-11,13,17H,3-6,12,14-16H2,1-2H3,(H,25,28). The Hall–Kier alpha value is -2.71. The van der Waals surface area contributed by atoms with Crippen LogP contribution in [0.4, 0.5) is 5.69 Å². The van der Waals surface area contributed by atoms with Crippen LogP contribution in [0.2, 0.25) is 0 Å². The maximum Gasteiger partial charge on any atom is 0.243 e. The van der Waals surface area contributed by atoms with Crippen molar-refractivity contribution in [2.24, 2.45) is 0 Å². The number of anilines is 1. The number of piperidine rings is 1. The molecule has 7 nitrogen and oxygen atoms in total. The number of nitrogens with zero attached hydrogens (tertiary/aromatic N) is 1. The summed E-state index contributed by atoms with van der Waals surface area (Å²) in [5, 5.41) is 2.70. The van der Waals surface area contributed by atoms with E-state index in [1.807, 2.05) is 19.1 Å². The Labute approximate surface area is 189 Å². The Morgan fingerprint density at radius 1 is 1.00 bits per heavy atom. The van der Waals surface area contributed by atoms with Gasteiger partial charge in [0.05, 0.1) is 17.7 Å². The summed E-state index contributed by atoms with van der Waals surface area (Å²) in [6.07, 6.45) is 3.65. The van der Waals surface area contributed by atoms with Gasteiger partial charge in [-0.05, 0) is 43.0 Å². The van der Waals surface area contributed by atoms with Crippen LogP contribution in [0, 0.1) is 0 Å². The third-order valence-corrected chi connectivity index (χ3v) is 7.56. The lowest BCUT2D eigenvalue weighted by molar-refractivity contribution is -0.116. The monoisotopic (exact) mass is 458 g/mol. The Kier molecular flexibility index (Phi) is 8.04. The third kappa shape index (κ3) is 5.75. The fourth-order valence-electron chi connectivity index (χ4n) is 3.71. The second-order valence-corrected chi connectivity index (χ2v) is 9.79. The van der Waals surface area contributed by atoms with Crippen molar-refractivity contribution in [1.82, 2.24) is 4.31 Å². The van der Waals surface area contributed by atoms with E-state index in [4.69, 9.17) is 4.74 Å². The number of hydrogen-bond donors (Lipinski definition) is 1. The zero-order valence-electron chi connectivity index (χ0n) is 18.6. The number of Topliss-reactive ketones (excluding diaryl/α,β-unsaturated/α-hetero) is 1. The van der Waals surface area contributed by atoms with E-state index in [2.05, 4.69) is 5.32 Å². The van der Waals surface area contributed by atoms with Crippen molar-refractivity contribution in [1.29, 1.82) is 0 Å². The molecule has 1 fully saturated rings. The summed E-state index contributed by atoms with van der Waals surface area (Å²) in [6.45, 7) is 3.04. The van der Waals surface area contributed by atoms with Gasteiger partial charge in [-0.25, -0.2) is 8.42 Å². The van der Waals surface area contributed by atoms with Crippen LogP contribution in [0.15, 0.2) is 47.4 Å². The number of nitrogens with one attached hydrogen (secondary N) is 1. The van der Waals surface area contributed by atoms with Crippen molar-refractivity contribution in [2.75, 3.05) is 25.5 Å². The van der Waals surface area contributed by atoms with Crippen molar-refractivity contribution < 1.29 is 22.7 Å². The van der Waals surface area contributed by atoms with E-state index in [-0.39, 0.29) is 35.1 Å². The molecule has 1 N–H and O–H groups in total. The number of carbonyl (C=O) groups is 2. The molecule has 0 atom stereocenters. The molecular weight excluding hydrogens is 428 g/mol. The maximum atomic E-state index is 13.0. The van der Waals surface area contributed by atoms with E-state index in [1.54, 1.807) is 12.1 Å². The summed E-state index contributed by atoms with van der Waals surface area (Å²) in [4.78, 5) is 25.0. The van der Waals surface area contributed by atoms with E-state index < -0.39 is 10.0 Å². The first-order chi connectivity index (χ1) is 15.3. The molecule has 0 spiro atoms. The van der Waals surface area contributed by atoms with Crippen LogP contribution in [0.3, 0.4) is 0 Å². The lowest BCUT2D eigenvalue weighted by Crippen LogP contribution is -2.35. The molecule has 0 bridgehead atoms. The van der Waals surface area contributed by atoms with Gasteiger partial charge in [-0.2, -0.15) is 4.31 Å². The molecule has 0 saturated carbocycles. The number of sulfonamides is 1. The van der Waals surface area contributed by atoms with Gasteiger partial charge in [0.15, 0.2) is 5.78 Å². The Morgan fingerprint density at radius 2 is 1.69 bits per heavy atom. The quantitative estimate of drug-likeness (QED) is 0.573. The van der Waals surface area contributed by atoms with Gasteiger partial charge < -0.3 is 10.1 Å². The van der Waals surface area contributed by atoms with Crippen molar-refractivity contribution in [2.45, 2.75) is 50.3 Å². The van der Waals surface area contributed by atoms with Crippen LogP contribution in [0.5, 0.6) is 5.75 Å². The van der Waals surface area contributed by atoms with Crippen LogP contribution in [0.1, 0.15) is 54.9 Å². The normalized spacial score (nSPS) is 14.7. The summed E-state index contributed by atoms with van der Waals surface area (Å²) < 4.78 is 32.7. The summed E-state index contributed by atoms with van der Waals surface area (Å²) in [7, 11) is -2.19. The van der Waals surface area contributed by atoms with Crippen molar-refractivity contribution >= 4 is 27.4 Å². The number of ketones is 1. The second-order valence-electron chi connectivity index (χ2n) is 7.85. The van der Waals surface area contributed by atoms with Crippen LogP contribution in [-0.2, 0) is 21.2 Å². The topological polar surface area (TPSA) is 92.8 Å². The highest BCUT2D eigenvalue weighted by Crippen LogP contribution is 2.30. The van der Waals surface area contributed by atoms with Gasteiger partial charge >= 0.3 is 0 Å². The molecule has 1 aliphatic rings. The van der Waals surface area contributed by atoms with Crippen molar-refractivity contribution in [3.63, 3.8) is 0 Å². The summed E-state index contributed by atoms with van der Waals surface area (Å²) in [5.41, 5.74) is 1.99. The van der Waals surface area contributed by atoms with E-state index in [1.165, 1.54) is 29.6 Å². The molecule has 3 rings (SSSR count). The molecule has 32 heavy (non-hydrogen) atoms. The summed E-state index contributed by atoms with van der Waals surface area (Å²) in [6, 6.07) is 11.8. The van der Waals surface area contributed by atoms with E-state index >= 15 is 0 Å². The number of rotatable bonds is 9. The van der Waals surface area contributed by atoms with E-state index in [0.29, 0.717) is 24.4 Å². The average Bonchev–Trinajstić information content (AvgIpc) is 2.83. The van der Waals surface area contributed by atoms with E-state index in [9.17, 15) is 18.0 Å². The maximum absolute atomic E-state index is 13.0. The fourth-order valence-corrected chi connectivity index (χ4v) is 5.25. The van der Waals surface area contributed by atoms with Gasteiger partial charge in [0, 0.05) is 31.5 Å². The Balaban J connectivity index is 1.67. The van der Waals surface area contributed by atoms with Gasteiger partial charge in [0.1, 0.15) is 5.75 Å². The molecule has 2 aromatic carbocycles. The zero-order valence-corrected chi connectivity index (χ0v) is 19.4. The van der Waals surface area contributed by atoms with Crippen LogP contribution < -0.4 is 10.1 Å². The third-order valence-electron chi connectivity index (χ3n) is 5.66. The molecule has 2 aromatic rings. The molecular formula is C24H30N2O5S. The van der Waals surface area contributed by atoms with Crippen LogP contribution >= 0.6 is 0 Å². The lowest BCUT2D eigenvalue weighted by Gasteiger charge is -2.26. The first kappa shape index (κ1) is 23.9. The molecule has 8 heteroatoms. The van der Waals surface area contributed by atoms with Crippen LogP contribution in [-0.4, -0.2) is 44.6 Å². The second kappa shape index (κ2) is 10.7. The van der Waals surface area contributed by atoms with Gasteiger partial charge in [-0.15, -0.1) is 0 Å². The summed E-state index contributed by atoms with van der Waals surface area (Å²) in [5.74, 6) is -0.136. The molecule has 1 amide bonds. The highest BCUT2D eigenvalue weighted by Gasteiger charge is 2.27. The molecule has 1 saturated heterocycles. The molecule has 1 aliphatic heterocycles. The molecule has 0 unspecified atom stereocenters. The number of carbonyl (C=O) groups excluding carboxylic acids is 2. The number of aryl methyl sites for hydroxylation is 1. The number of amides is 1. The molecule has 172 valence electrons. The first-order valence-corrected chi connectivity index (χ1v) is 12.4.